The molecule has 0 atom stereocenters. The number of nitrogens with zero attached hydrogens (tertiary/aromatic N) is 2. The predicted molar refractivity (Wildman–Crippen MR) is 32.0 cm³/mol. The summed E-state index contributed by atoms with van der Waals surface area (Å²) < 4.78 is 0.554. The molecule has 0 saturated carbocycles. The van der Waals surface area contributed by atoms with E-state index in [1.807, 2.05) is 0 Å². The van der Waals surface area contributed by atoms with E-state index in [2.05, 4.69) is 31.1 Å². The number of nitrogens with one attached hydrogen (secondary N) is 1. The molecule has 1 aromatic heterocycles. The molecule has 0 unspecified atom stereocenters. The van der Waals surface area contributed by atoms with Gasteiger partial charge in [-0.25, -0.2) is 4.98 Å². The Bertz CT molecular complexity index is 172. The van der Waals surface area contributed by atoms with Gasteiger partial charge >= 0.3 is 0 Å². The van der Waals surface area contributed by atoms with Crippen molar-refractivity contribution in [3.05, 3.63) is 10.6 Å². The Morgan fingerprint density at radius 3 is 2.75 bits per heavy atom. The Morgan fingerprint density at radius 2 is 2.50 bits per heavy atom. The zero-order chi connectivity index (χ0) is 5.98. The van der Waals surface area contributed by atoms with E-state index in [0.717, 1.165) is 0 Å². The molecule has 0 saturated heterocycles. The first-order chi connectivity index (χ1) is 3.83. The Hall–Kier alpha value is -0.420. The van der Waals surface area contributed by atoms with Crippen molar-refractivity contribution in [1.82, 2.24) is 15.2 Å². The van der Waals surface area contributed by atoms with Crippen molar-refractivity contribution < 1.29 is 0 Å². The number of rotatable bonds is 1. The smallest absolute Gasteiger partial charge is 0.217 e. The molecule has 1 aromatic rings. The Balaban J connectivity index is 2.84. The van der Waals surface area contributed by atoms with Crippen LogP contribution in [-0.2, 0) is 6.54 Å². The molecule has 0 aliphatic rings. The second-order valence-electron chi connectivity index (χ2n) is 1.26. The molecule has 0 aliphatic heterocycles. The zero-order valence-corrected chi connectivity index (χ0v) is 5.64. The van der Waals surface area contributed by atoms with E-state index in [-0.39, 0.29) is 0 Å². The third-order valence-corrected chi connectivity index (χ3v) is 1.05. The Morgan fingerprint density at radius 1 is 1.75 bits per heavy atom. The van der Waals surface area contributed by atoms with Crippen molar-refractivity contribution in [2.45, 2.75) is 6.54 Å². The van der Waals surface area contributed by atoms with Gasteiger partial charge in [-0.1, -0.05) is 0 Å². The molecule has 0 spiro atoms. The third-order valence-electron chi connectivity index (χ3n) is 0.698. The van der Waals surface area contributed by atoms with Gasteiger partial charge in [-0.05, 0) is 15.9 Å². The standard InChI is InChI=1S/C3H5BrN4/c4-3-6-2(1-5)7-8-3/h1,5H2,(H,6,7,8). The summed E-state index contributed by atoms with van der Waals surface area (Å²) in [5.74, 6) is 0.692. The van der Waals surface area contributed by atoms with Crippen LogP contribution in [0, 0.1) is 0 Å². The van der Waals surface area contributed by atoms with Gasteiger partial charge in [-0.3, -0.25) is 5.10 Å². The summed E-state index contributed by atoms with van der Waals surface area (Å²) >= 11 is 3.06. The quantitative estimate of drug-likeness (QED) is 0.635. The lowest BCUT2D eigenvalue weighted by molar-refractivity contribution is 0.917. The maximum Gasteiger partial charge on any atom is 0.217 e. The number of aromatic nitrogens is 3. The van der Waals surface area contributed by atoms with Crippen molar-refractivity contribution in [2.75, 3.05) is 0 Å². The average molecular weight is 177 g/mol. The molecule has 8 heavy (non-hydrogen) atoms. The summed E-state index contributed by atoms with van der Waals surface area (Å²) in [5, 5.41) is 6.31. The molecule has 0 fully saturated rings. The third kappa shape index (κ3) is 1.05. The summed E-state index contributed by atoms with van der Waals surface area (Å²) in [6, 6.07) is 0. The highest BCUT2D eigenvalue weighted by Gasteiger charge is 1.93. The van der Waals surface area contributed by atoms with Gasteiger partial charge in [-0.15, -0.1) is 5.10 Å². The summed E-state index contributed by atoms with van der Waals surface area (Å²) in [6.07, 6.45) is 0. The fourth-order valence-corrected chi connectivity index (χ4v) is 0.666. The number of halogens is 1. The van der Waals surface area contributed by atoms with Gasteiger partial charge < -0.3 is 5.73 Å². The summed E-state index contributed by atoms with van der Waals surface area (Å²) in [5.41, 5.74) is 5.21. The predicted octanol–water partition coefficient (Wildman–Crippen LogP) is 0.0259. The fourth-order valence-electron chi connectivity index (χ4n) is 0.363. The second-order valence-corrected chi connectivity index (χ2v) is 1.96. The maximum atomic E-state index is 5.21. The van der Waals surface area contributed by atoms with Gasteiger partial charge in [0.05, 0.1) is 6.54 Å². The minimum absolute atomic E-state index is 0.401. The van der Waals surface area contributed by atoms with Gasteiger partial charge in [0.25, 0.3) is 0 Å². The normalized spacial score (nSPS) is 9.75. The number of nitrogens with two attached hydrogens (primary N) is 1. The molecule has 0 radical (unpaired) electrons. The zero-order valence-electron chi connectivity index (χ0n) is 4.06. The molecule has 5 heteroatoms. The lowest BCUT2D eigenvalue weighted by Crippen LogP contribution is -1.97. The van der Waals surface area contributed by atoms with Crippen LogP contribution in [0.25, 0.3) is 0 Å². The highest BCUT2D eigenvalue weighted by Crippen LogP contribution is 1.98. The van der Waals surface area contributed by atoms with Crippen molar-refractivity contribution >= 4 is 15.9 Å². The van der Waals surface area contributed by atoms with Crippen LogP contribution in [-0.4, -0.2) is 15.2 Å². The SMILES string of the molecule is NCc1nc(Br)n[nH]1. The Kier molecular flexibility index (Phi) is 1.59. The lowest BCUT2D eigenvalue weighted by atomic mass is 10.6. The number of H-pyrrole nitrogens is 1. The molecule has 3 N–H and O–H groups in total. The van der Waals surface area contributed by atoms with E-state index in [1.54, 1.807) is 0 Å². The summed E-state index contributed by atoms with van der Waals surface area (Å²) in [4.78, 5) is 3.85. The van der Waals surface area contributed by atoms with E-state index in [9.17, 15) is 0 Å². The number of hydrogen-bond donors (Lipinski definition) is 2. The average Bonchev–Trinajstić information content (AvgIpc) is 2.14. The topological polar surface area (TPSA) is 67.6 Å². The molecular formula is C3H5BrN4. The largest absolute Gasteiger partial charge is 0.324 e. The summed E-state index contributed by atoms with van der Waals surface area (Å²) in [7, 11) is 0. The molecule has 0 aromatic carbocycles. The molecule has 4 nitrogen and oxygen atoms in total. The molecule has 0 amide bonds. The van der Waals surface area contributed by atoms with Crippen molar-refractivity contribution in [3.8, 4) is 0 Å². The van der Waals surface area contributed by atoms with Crippen molar-refractivity contribution in [1.29, 1.82) is 0 Å². The van der Waals surface area contributed by atoms with Crippen LogP contribution in [0.2, 0.25) is 0 Å². The second kappa shape index (κ2) is 2.23. The van der Waals surface area contributed by atoms with E-state index in [1.165, 1.54) is 0 Å². The van der Waals surface area contributed by atoms with Gasteiger partial charge in [0.2, 0.25) is 4.73 Å². The van der Waals surface area contributed by atoms with E-state index < -0.39 is 0 Å². The van der Waals surface area contributed by atoms with Gasteiger partial charge in [-0.2, -0.15) is 0 Å². The Labute approximate surface area is 54.6 Å². The highest BCUT2D eigenvalue weighted by molar-refractivity contribution is 9.10. The fraction of sp³-hybridized carbons (Fsp3) is 0.333. The minimum Gasteiger partial charge on any atom is -0.324 e. The lowest BCUT2D eigenvalue weighted by Gasteiger charge is -1.78. The van der Waals surface area contributed by atoms with Crippen LogP contribution in [0.1, 0.15) is 5.82 Å². The highest BCUT2D eigenvalue weighted by atomic mass is 79.9. The van der Waals surface area contributed by atoms with E-state index in [0.29, 0.717) is 17.1 Å². The molecule has 0 aliphatic carbocycles. The first kappa shape index (κ1) is 5.71. The molecule has 1 rings (SSSR count). The van der Waals surface area contributed by atoms with E-state index >= 15 is 0 Å². The number of hydrogen-bond acceptors (Lipinski definition) is 3. The van der Waals surface area contributed by atoms with Crippen LogP contribution in [0.4, 0.5) is 0 Å². The van der Waals surface area contributed by atoms with Gasteiger partial charge in [0, 0.05) is 0 Å². The van der Waals surface area contributed by atoms with Gasteiger partial charge in [0.1, 0.15) is 5.82 Å². The van der Waals surface area contributed by atoms with E-state index in [4.69, 9.17) is 5.73 Å². The molecule has 1 heterocycles. The maximum absolute atomic E-state index is 5.21. The molecular weight excluding hydrogens is 172 g/mol. The van der Waals surface area contributed by atoms with Gasteiger partial charge in [0.15, 0.2) is 0 Å². The van der Waals surface area contributed by atoms with Crippen LogP contribution in [0.15, 0.2) is 4.73 Å². The summed E-state index contributed by atoms with van der Waals surface area (Å²) in [6.45, 7) is 0.401. The van der Waals surface area contributed by atoms with Crippen molar-refractivity contribution in [2.24, 2.45) is 5.73 Å². The van der Waals surface area contributed by atoms with Crippen LogP contribution < -0.4 is 5.73 Å². The minimum atomic E-state index is 0.401. The van der Waals surface area contributed by atoms with Crippen LogP contribution in [0.3, 0.4) is 0 Å². The monoisotopic (exact) mass is 176 g/mol. The molecule has 0 bridgehead atoms. The van der Waals surface area contributed by atoms with Crippen LogP contribution >= 0.6 is 15.9 Å². The number of aromatic amines is 1. The first-order valence-corrected chi connectivity index (χ1v) is 2.89. The first-order valence-electron chi connectivity index (χ1n) is 2.10. The molecule has 44 valence electrons. The van der Waals surface area contributed by atoms with Crippen molar-refractivity contribution in [3.63, 3.8) is 0 Å². The van der Waals surface area contributed by atoms with Crippen LogP contribution in [0.5, 0.6) is 0 Å².